The summed E-state index contributed by atoms with van der Waals surface area (Å²) in [6.45, 7) is 5.40. The van der Waals surface area contributed by atoms with Crippen LogP contribution in [0.2, 0.25) is 0 Å². The molecule has 0 saturated heterocycles. The number of likely N-dealkylation sites (N-methyl/N-ethyl adjacent to an activating group) is 1. The van der Waals surface area contributed by atoms with Crippen LogP contribution >= 0.6 is 0 Å². The SMILES string of the molecule is CCN(CC)C(=O)CNc1cn[nH]c(=O)c1. The van der Waals surface area contributed by atoms with Crippen molar-refractivity contribution in [3.63, 3.8) is 0 Å². The Balaban J connectivity index is 2.51. The Morgan fingerprint density at radius 3 is 2.75 bits per heavy atom. The van der Waals surface area contributed by atoms with Crippen LogP contribution in [0.25, 0.3) is 0 Å². The number of amides is 1. The Morgan fingerprint density at radius 2 is 2.19 bits per heavy atom. The van der Waals surface area contributed by atoms with Gasteiger partial charge in [0.1, 0.15) is 0 Å². The maximum atomic E-state index is 11.6. The second kappa shape index (κ2) is 5.89. The molecule has 0 spiro atoms. The lowest BCUT2D eigenvalue weighted by Crippen LogP contribution is -2.35. The highest BCUT2D eigenvalue weighted by Crippen LogP contribution is 1.98. The molecule has 0 aliphatic carbocycles. The molecule has 0 fully saturated rings. The third-order valence-corrected chi connectivity index (χ3v) is 2.22. The molecule has 0 atom stereocenters. The van der Waals surface area contributed by atoms with E-state index in [1.54, 1.807) is 4.90 Å². The molecule has 6 heteroatoms. The second-order valence-corrected chi connectivity index (χ2v) is 3.25. The summed E-state index contributed by atoms with van der Waals surface area (Å²) in [6.07, 6.45) is 1.47. The molecule has 2 N–H and O–H groups in total. The van der Waals surface area contributed by atoms with E-state index < -0.39 is 0 Å². The first-order valence-electron chi connectivity index (χ1n) is 5.23. The quantitative estimate of drug-likeness (QED) is 0.740. The average molecular weight is 224 g/mol. The van der Waals surface area contributed by atoms with Gasteiger partial charge in [-0.2, -0.15) is 5.10 Å². The Labute approximate surface area is 93.7 Å². The number of nitrogens with zero attached hydrogens (tertiary/aromatic N) is 2. The van der Waals surface area contributed by atoms with Crippen LogP contribution in [0, 0.1) is 0 Å². The summed E-state index contributed by atoms with van der Waals surface area (Å²) in [6, 6.07) is 1.36. The molecule has 1 rings (SSSR count). The van der Waals surface area contributed by atoms with E-state index in [4.69, 9.17) is 0 Å². The van der Waals surface area contributed by atoms with Crippen molar-refractivity contribution in [1.82, 2.24) is 15.1 Å². The molecule has 0 bridgehead atoms. The lowest BCUT2D eigenvalue weighted by atomic mass is 10.4. The van der Waals surface area contributed by atoms with Gasteiger partial charge in [0.25, 0.3) is 5.56 Å². The average Bonchev–Trinajstić information content (AvgIpc) is 2.28. The van der Waals surface area contributed by atoms with Gasteiger partial charge in [-0.15, -0.1) is 0 Å². The van der Waals surface area contributed by atoms with Gasteiger partial charge in [-0.05, 0) is 13.8 Å². The van der Waals surface area contributed by atoms with Crippen LogP contribution in [0.4, 0.5) is 5.69 Å². The van der Waals surface area contributed by atoms with Gasteiger partial charge in [0, 0.05) is 19.2 Å². The Hall–Kier alpha value is -1.85. The fourth-order valence-corrected chi connectivity index (χ4v) is 1.34. The predicted octanol–water partition coefficient (Wildman–Crippen LogP) is 0.0502. The van der Waals surface area contributed by atoms with E-state index in [0.29, 0.717) is 18.8 Å². The molecule has 0 aliphatic rings. The molecule has 16 heavy (non-hydrogen) atoms. The number of hydrogen-bond acceptors (Lipinski definition) is 4. The highest BCUT2D eigenvalue weighted by Gasteiger charge is 2.08. The third kappa shape index (κ3) is 3.38. The number of H-pyrrole nitrogens is 1. The number of nitrogens with one attached hydrogen (secondary N) is 2. The number of anilines is 1. The lowest BCUT2D eigenvalue weighted by Gasteiger charge is -2.18. The topological polar surface area (TPSA) is 78.1 Å². The Morgan fingerprint density at radius 1 is 1.50 bits per heavy atom. The fourth-order valence-electron chi connectivity index (χ4n) is 1.34. The van der Waals surface area contributed by atoms with Crippen LogP contribution in [0.5, 0.6) is 0 Å². The number of aromatic nitrogens is 2. The maximum absolute atomic E-state index is 11.6. The molecular weight excluding hydrogens is 208 g/mol. The van der Waals surface area contributed by atoms with Crippen molar-refractivity contribution >= 4 is 11.6 Å². The molecule has 0 aliphatic heterocycles. The third-order valence-electron chi connectivity index (χ3n) is 2.22. The van der Waals surface area contributed by atoms with Crippen molar-refractivity contribution in [2.45, 2.75) is 13.8 Å². The van der Waals surface area contributed by atoms with Gasteiger partial charge in [-0.25, -0.2) is 5.10 Å². The molecule has 0 saturated carbocycles. The maximum Gasteiger partial charge on any atom is 0.266 e. The Bertz CT molecular complexity index is 398. The van der Waals surface area contributed by atoms with E-state index in [0.717, 1.165) is 0 Å². The van der Waals surface area contributed by atoms with Crippen LogP contribution in [0.15, 0.2) is 17.1 Å². The van der Waals surface area contributed by atoms with Gasteiger partial charge in [-0.1, -0.05) is 0 Å². The van der Waals surface area contributed by atoms with Crippen molar-refractivity contribution in [3.8, 4) is 0 Å². The zero-order valence-corrected chi connectivity index (χ0v) is 9.49. The summed E-state index contributed by atoms with van der Waals surface area (Å²) in [7, 11) is 0. The molecule has 1 aromatic rings. The molecule has 1 amide bonds. The molecule has 0 unspecified atom stereocenters. The summed E-state index contributed by atoms with van der Waals surface area (Å²) in [5.41, 5.74) is 0.254. The number of aromatic amines is 1. The highest BCUT2D eigenvalue weighted by atomic mass is 16.2. The highest BCUT2D eigenvalue weighted by molar-refractivity contribution is 5.80. The summed E-state index contributed by atoms with van der Waals surface area (Å²) in [4.78, 5) is 24.3. The van der Waals surface area contributed by atoms with Gasteiger partial charge in [0.05, 0.1) is 18.4 Å². The molecule has 0 radical (unpaired) electrons. The first-order valence-corrected chi connectivity index (χ1v) is 5.23. The van der Waals surface area contributed by atoms with E-state index in [1.807, 2.05) is 13.8 Å². The van der Waals surface area contributed by atoms with Crippen LogP contribution in [-0.2, 0) is 4.79 Å². The second-order valence-electron chi connectivity index (χ2n) is 3.25. The number of rotatable bonds is 5. The van der Waals surface area contributed by atoms with E-state index in [9.17, 15) is 9.59 Å². The van der Waals surface area contributed by atoms with Crippen LogP contribution < -0.4 is 10.9 Å². The molecule has 1 aromatic heterocycles. The first kappa shape index (κ1) is 12.2. The predicted molar refractivity (Wildman–Crippen MR) is 61.3 cm³/mol. The molecule has 1 heterocycles. The minimum absolute atomic E-state index is 0.00489. The summed E-state index contributed by atoms with van der Waals surface area (Å²) in [5.74, 6) is 0.00489. The smallest absolute Gasteiger partial charge is 0.266 e. The van der Waals surface area contributed by atoms with Gasteiger partial charge in [0.15, 0.2) is 0 Å². The Kier molecular flexibility index (Phi) is 4.50. The van der Waals surface area contributed by atoms with Crippen molar-refractivity contribution in [1.29, 1.82) is 0 Å². The number of carbonyl (C=O) groups is 1. The summed E-state index contributed by atoms with van der Waals surface area (Å²) >= 11 is 0. The normalized spacial score (nSPS) is 9.88. The van der Waals surface area contributed by atoms with E-state index in [1.165, 1.54) is 12.3 Å². The van der Waals surface area contributed by atoms with Crippen LogP contribution in [0.1, 0.15) is 13.8 Å². The molecular formula is C10H16N4O2. The standard InChI is InChI=1S/C10H16N4O2/c1-3-14(4-2)10(16)7-11-8-5-9(15)13-12-6-8/h5-6H,3-4,7H2,1-2H3,(H2,11,13,15). The fraction of sp³-hybridized carbons (Fsp3) is 0.500. The van der Waals surface area contributed by atoms with Gasteiger partial charge >= 0.3 is 0 Å². The van der Waals surface area contributed by atoms with Crippen LogP contribution in [0.3, 0.4) is 0 Å². The lowest BCUT2D eigenvalue weighted by molar-refractivity contribution is -0.128. The molecule has 88 valence electrons. The van der Waals surface area contributed by atoms with E-state index in [2.05, 4.69) is 15.5 Å². The zero-order chi connectivity index (χ0) is 12.0. The number of hydrogen-bond donors (Lipinski definition) is 2. The molecule has 0 aromatic carbocycles. The zero-order valence-electron chi connectivity index (χ0n) is 9.49. The van der Waals surface area contributed by atoms with E-state index >= 15 is 0 Å². The summed E-state index contributed by atoms with van der Waals surface area (Å²) < 4.78 is 0. The van der Waals surface area contributed by atoms with Gasteiger partial charge in [-0.3, -0.25) is 9.59 Å². The molecule has 6 nitrogen and oxygen atoms in total. The monoisotopic (exact) mass is 224 g/mol. The minimum atomic E-state index is -0.291. The van der Waals surface area contributed by atoms with Crippen molar-refractivity contribution in [2.24, 2.45) is 0 Å². The number of carbonyl (C=O) groups excluding carboxylic acids is 1. The van der Waals surface area contributed by atoms with Crippen LogP contribution in [-0.4, -0.2) is 40.6 Å². The van der Waals surface area contributed by atoms with E-state index in [-0.39, 0.29) is 18.0 Å². The largest absolute Gasteiger partial charge is 0.375 e. The van der Waals surface area contributed by atoms with Crippen molar-refractivity contribution in [3.05, 3.63) is 22.6 Å². The van der Waals surface area contributed by atoms with Crippen molar-refractivity contribution < 1.29 is 4.79 Å². The summed E-state index contributed by atoms with van der Waals surface area (Å²) in [5, 5.41) is 8.75. The van der Waals surface area contributed by atoms with Gasteiger partial charge in [0.2, 0.25) is 5.91 Å². The van der Waals surface area contributed by atoms with Crippen molar-refractivity contribution in [2.75, 3.05) is 25.0 Å². The minimum Gasteiger partial charge on any atom is -0.375 e. The first-order chi connectivity index (χ1) is 7.67. The van der Waals surface area contributed by atoms with Gasteiger partial charge < -0.3 is 10.2 Å².